The van der Waals surface area contributed by atoms with E-state index in [9.17, 15) is 0 Å². The average molecular weight is 642 g/mol. The van der Waals surface area contributed by atoms with Crippen molar-refractivity contribution in [2.75, 3.05) is 0 Å². The van der Waals surface area contributed by atoms with Crippen LogP contribution in [0.15, 0.2) is 96.1 Å². The van der Waals surface area contributed by atoms with Gasteiger partial charge in [-0.15, -0.1) is 0 Å². The fourth-order valence-electron chi connectivity index (χ4n) is 6.96. The van der Waals surface area contributed by atoms with Crippen molar-refractivity contribution in [1.82, 2.24) is 0 Å². The minimum absolute atomic E-state index is 0. The van der Waals surface area contributed by atoms with Crippen molar-refractivity contribution < 1.29 is 26.2 Å². The van der Waals surface area contributed by atoms with E-state index in [-0.39, 0.29) is 26.2 Å². The Kier molecular flexibility index (Phi) is 10.2. The summed E-state index contributed by atoms with van der Waals surface area (Å²) in [5.74, 6) is 1.11. The van der Waals surface area contributed by atoms with Crippen LogP contribution in [0.2, 0.25) is 12.1 Å². The Morgan fingerprint density at radius 2 is 0.905 bits per heavy atom. The first-order chi connectivity index (χ1) is 20.1. The van der Waals surface area contributed by atoms with E-state index in [1.165, 1.54) is 56.6 Å². The largest absolute Gasteiger partial charge is 0.0626 e. The normalized spacial score (nSPS) is 16.9. The van der Waals surface area contributed by atoms with Gasteiger partial charge in [0.1, 0.15) is 0 Å². The molecule has 0 spiro atoms. The van der Waals surface area contributed by atoms with E-state index < -0.39 is 0 Å². The molecule has 2 aliphatic carbocycles. The van der Waals surface area contributed by atoms with Crippen LogP contribution in [0, 0.1) is 0 Å². The van der Waals surface area contributed by atoms with Gasteiger partial charge in [0.15, 0.2) is 0 Å². The topological polar surface area (TPSA) is 0 Å². The first-order valence-electron chi connectivity index (χ1n) is 15.7. The third-order valence-electron chi connectivity index (χ3n) is 9.44. The molecule has 4 aromatic rings. The maximum absolute atomic E-state index is 2.52. The zero-order valence-corrected chi connectivity index (χ0v) is 29.1. The molecule has 210 valence electrons. The van der Waals surface area contributed by atoms with Gasteiger partial charge < -0.3 is 0 Å². The molecule has 0 N–H and O–H groups in total. The van der Waals surface area contributed by atoms with Crippen LogP contribution in [0.5, 0.6) is 0 Å². The molecule has 0 bridgehead atoms. The van der Waals surface area contributed by atoms with E-state index >= 15 is 0 Å². The molecule has 2 atom stereocenters. The van der Waals surface area contributed by atoms with Gasteiger partial charge in [-0.3, -0.25) is 0 Å². The summed E-state index contributed by atoms with van der Waals surface area (Å²) in [6, 6.07) is 34.9. The summed E-state index contributed by atoms with van der Waals surface area (Å²) in [5.41, 5.74) is 17.5. The van der Waals surface area contributed by atoms with Crippen molar-refractivity contribution >= 4 is 21.7 Å². The first-order valence-corrected chi connectivity index (χ1v) is 17.1. The number of fused-ring (bicyclic) bond motifs is 2. The second-order valence-corrected chi connectivity index (χ2v) is 12.9. The van der Waals surface area contributed by atoms with Gasteiger partial charge in [0.05, 0.1) is 0 Å². The smallest absolute Gasteiger partial charge is 0.0397 e. The number of allylic oxidation sites excluding steroid dienone is 2. The number of benzene rings is 4. The van der Waals surface area contributed by atoms with Crippen LogP contribution in [0.1, 0.15) is 85.8 Å². The molecule has 42 heavy (non-hydrogen) atoms. The van der Waals surface area contributed by atoms with Gasteiger partial charge in [-0.2, -0.15) is 0 Å². The Labute approximate surface area is 275 Å². The zero-order valence-electron chi connectivity index (χ0n) is 25.6. The maximum Gasteiger partial charge on any atom is 0.0397 e. The fourth-order valence-corrected chi connectivity index (χ4v) is 8.67. The van der Waals surface area contributed by atoms with E-state index in [2.05, 4.69) is 125 Å². The summed E-state index contributed by atoms with van der Waals surface area (Å²) in [5, 5.41) is 0. The number of rotatable bonds is 10. The molecule has 6 rings (SSSR count). The molecule has 0 saturated carbocycles. The minimum atomic E-state index is 0. The monoisotopic (exact) mass is 640 g/mol. The summed E-state index contributed by atoms with van der Waals surface area (Å²) in [6.07, 6.45) is 9.47. The Morgan fingerprint density at radius 1 is 0.500 bits per heavy atom. The first kappa shape index (κ1) is 30.9. The standard InChI is InChI=1S/C40H42Si.Zr/c1-5-27-15-19-31(20-16-27)33-11-9-13-35-37(33)23-29(7-3)39(35)25-41-26-40-30(8-4)24-38-34(12-10-14-36(38)40)32-21-17-28(6-2)18-22-32;/h9-24,39-40H,5-8,25-26H2,1-4H3;. The SMILES string of the molecule is CCC1=Cc2c(-c3ccc(CC)cc3)cccc2C1C[Si]CC1C(CC)=Cc2c(-c3ccc(CC)cc3)cccc21.[Zr]. The molecule has 0 heterocycles. The van der Waals surface area contributed by atoms with E-state index in [1.54, 1.807) is 22.3 Å². The Hall–Kier alpha value is -2.54. The third-order valence-corrected chi connectivity index (χ3v) is 10.8. The summed E-state index contributed by atoms with van der Waals surface area (Å²) < 4.78 is 0. The fraction of sp³-hybridized carbons (Fsp3) is 0.300. The van der Waals surface area contributed by atoms with Crippen LogP contribution in [-0.4, -0.2) is 9.52 Å². The van der Waals surface area contributed by atoms with Gasteiger partial charge in [0.2, 0.25) is 0 Å². The number of aryl methyl sites for hydroxylation is 2. The molecule has 2 unspecified atom stereocenters. The Bertz CT molecular complexity index is 1470. The van der Waals surface area contributed by atoms with Crippen LogP contribution >= 0.6 is 0 Å². The van der Waals surface area contributed by atoms with Crippen molar-refractivity contribution in [3.05, 3.63) is 129 Å². The Morgan fingerprint density at radius 3 is 1.26 bits per heavy atom. The summed E-state index contributed by atoms with van der Waals surface area (Å²) in [7, 11) is 0.943. The molecule has 0 aromatic heterocycles. The molecule has 0 fully saturated rings. The second-order valence-electron chi connectivity index (χ2n) is 11.6. The van der Waals surface area contributed by atoms with E-state index in [0.29, 0.717) is 11.8 Å². The number of hydrogen-bond acceptors (Lipinski definition) is 0. The van der Waals surface area contributed by atoms with Gasteiger partial charge in [0, 0.05) is 47.6 Å². The predicted octanol–water partition coefficient (Wildman–Crippen LogP) is 11.2. The van der Waals surface area contributed by atoms with Crippen LogP contribution < -0.4 is 0 Å². The average Bonchev–Trinajstić information content (AvgIpc) is 3.59. The maximum atomic E-state index is 2.52. The molecular formula is C40H42SiZr. The van der Waals surface area contributed by atoms with Crippen molar-refractivity contribution in [3.8, 4) is 22.3 Å². The summed E-state index contributed by atoms with van der Waals surface area (Å²) in [6.45, 7) is 9.13. The molecule has 2 radical (unpaired) electrons. The van der Waals surface area contributed by atoms with Crippen molar-refractivity contribution in [2.24, 2.45) is 0 Å². The molecule has 0 nitrogen and oxygen atoms in total. The van der Waals surface area contributed by atoms with Gasteiger partial charge in [-0.25, -0.2) is 0 Å². The summed E-state index contributed by atoms with van der Waals surface area (Å²) >= 11 is 0. The van der Waals surface area contributed by atoms with E-state index in [4.69, 9.17) is 0 Å². The third kappa shape index (κ3) is 5.95. The van der Waals surface area contributed by atoms with Crippen LogP contribution in [0.3, 0.4) is 0 Å². The molecule has 0 amide bonds. The van der Waals surface area contributed by atoms with Gasteiger partial charge in [-0.1, -0.05) is 148 Å². The van der Waals surface area contributed by atoms with E-state index in [0.717, 1.165) is 35.2 Å². The number of hydrogen-bond donors (Lipinski definition) is 0. The van der Waals surface area contributed by atoms with Crippen molar-refractivity contribution in [1.29, 1.82) is 0 Å². The van der Waals surface area contributed by atoms with Gasteiger partial charge in [0.25, 0.3) is 0 Å². The molecule has 4 aromatic carbocycles. The van der Waals surface area contributed by atoms with Crippen LogP contribution in [0.25, 0.3) is 34.4 Å². The zero-order chi connectivity index (χ0) is 28.3. The van der Waals surface area contributed by atoms with Crippen molar-refractivity contribution in [2.45, 2.75) is 77.3 Å². The molecule has 2 heteroatoms. The Balaban J connectivity index is 0.00000353. The van der Waals surface area contributed by atoms with Gasteiger partial charge in [-0.05, 0) is 81.3 Å². The van der Waals surface area contributed by atoms with Crippen molar-refractivity contribution in [3.63, 3.8) is 0 Å². The quantitative estimate of drug-likeness (QED) is 0.151. The second kappa shape index (κ2) is 13.8. The molecular weight excluding hydrogens is 600 g/mol. The van der Waals surface area contributed by atoms with Gasteiger partial charge >= 0.3 is 0 Å². The van der Waals surface area contributed by atoms with Crippen LogP contribution in [0.4, 0.5) is 0 Å². The molecule has 0 saturated heterocycles. The molecule has 2 aliphatic rings. The minimum Gasteiger partial charge on any atom is -0.0626 e. The molecule has 0 aliphatic heterocycles. The predicted molar refractivity (Wildman–Crippen MR) is 180 cm³/mol. The van der Waals surface area contributed by atoms with Crippen LogP contribution in [-0.2, 0) is 39.0 Å². The van der Waals surface area contributed by atoms with E-state index in [1.807, 2.05) is 0 Å². The summed E-state index contributed by atoms with van der Waals surface area (Å²) in [4.78, 5) is 0.